The van der Waals surface area contributed by atoms with Gasteiger partial charge in [0.2, 0.25) is 0 Å². The Hall–Kier alpha value is -0.210. The van der Waals surface area contributed by atoms with Gasteiger partial charge in [-0.25, -0.2) is 13.4 Å². The van der Waals surface area contributed by atoms with Crippen LogP contribution in [0, 0.1) is 6.92 Å². The predicted molar refractivity (Wildman–Crippen MR) is 75.1 cm³/mol. The first-order valence-corrected chi connectivity index (χ1v) is 8.70. The number of sulfonamides is 1. The van der Waals surface area contributed by atoms with Gasteiger partial charge in [0.25, 0.3) is 10.0 Å². The van der Waals surface area contributed by atoms with Gasteiger partial charge in [-0.3, -0.25) is 0 Å². The van der Waals surface area contributed by atoms with E-state index in [1.54, 1.807) is 6.92 Å². The van der Waals surface area contributed by atoms with Crippen LogP contribution in [0.4, 0.5) is 0 Å². The van der Waals surface area contributed by atoms with E-state index < -0.39 is 15.6 Å². The van der Waals surface area contributed by atoms with E-state index in [-0.39, 0.29) is 15.2 Å². The van der Waals surface area contributed by atoms with Crippen molar-refractivity contribution in [3.05, 3.63) is 10.2 Å². The molecule has 5 nitrogen and oxygen atoms in total. The molecule has 19 heavy (non-hydrogen) atoms. The molecule has 0 radical (unpaired) electrons. The molecule has 0 bridgehead atoms. The van der Waals surface area contributed by atoms with Crippen LogP contribution in [0.15, 0.2) is 4.21 Å². The summed E-state index contributed by atoms with van der Waals surface area (Å²) in [6.45, 7) is 1.73. The number of aliphatic hydroxyl groups is 1. The summed E-state index contributed by atoms with van der Waals surface area (Å²) < 4.78 is 26.4. The Morgan fingerprint density at radius 3 is 2.53 bits per heavy atom. The van der Waals surface area contributed by atoms with Crippen LogP contribution in [0.1, 0.15) is 31.4 Å². The van der Waals surface area contributed by atoms with Crippen LogP contribution >= 0.6 is 22.9 Å². The van der Waals surface area contributed by atoms with Crippen molar-refractivity contribution in [2.45, 2.75) is 42.4 Å². The third-order valence-electron chi connectivity index (χ3n) is 3.42. The summed E-state index contributed by atoms with van der Waals surface area (Å²) in [5.41, 5.74) is -0.496. The molecule has 1 aliphatic carbocycles. The molecule has 0 unspecified atom stereocenters. The molecule has 0 saturated heterocycles. The zero-order valence-electron chi connectivity index (χ0n) is 10.9. The first kappa shape index (κ1) is 15.2. The van der Waals surface area contributed by atoms with Crippen LogP contribution < -0.4 is 0 Å². The fourth-order valence-corrected chi connectivity index (χ4v) is 5.60. The Kier molecular flexibility index (Phi) is 4.23. The van der Waals surface area contributed by atoms with Crippen molar-refractivity contribution in [2.24, 2.45) is 0 Å². The molecular weight excluding hydrogens is 308 g/mol. The molecule has 1 heterocycles. The summed E-state index contributed by atoms with van der Waals surface area (Å²) in [7, 11) is -2.14. The predicted octanol–water partition coefficient (Wildman–Crippen LogP) is 2.03. The van der Waals surface area contributed by atoms with Crippen LogP contribution in [0.5, 0.6) is 0 Å². The van der Waals surface area contributed by atoms with Crippen molar-refractivity contribution in [3.8, 4) is 0 Å². The number of nitrogens with zero attached hydrogens (tertiary/aromatic N) is 2. The Balaban J connectivity index is 2.22. The van der Waals surface area contributed by atoms with Gasteiger partial charge >= 0.3 is 0 Å². The molecule has 1 fully saturated rings. The van der Waals surface area contributed by atoms with Crippen molar-refractivity contribution in [1.82, 2.24) is 9.29 Å². The number of hydrogen-bond acceptors (Lipinski definition) is 5. The zero-order valence-corrected chi connectivity index (χ0v) is 13.3. The van der Waals surface area contributed by atoms with Gasteiger partial charge in [-0.2, -0.15) is 4.31 Å². The van der Waals surface area contributed by atoms with Gasteiger partial charge < -0.3 is 5.11 Å². The Morgan fingerprint density at radius 2 is 2.05 bits per heavy atom. The normalized spacial score (nSPS) is 19.2. The van der Waals surface area contributed by atoms with Crippen LogP contribution in [0.2, 0.25) is 4.47 Å². The van der Waals surface area contributed by atoms with Gasteiger partial charge in [-0.15, -0.1) is 0 Å². The minimum atomic E-state index is -3.63. The topological polar surface area (TPSA) is 70.5 Å². The van der Waals surface area contributed by atoms with Crippen LogP contribution in [-0.2, 0) is 10.0 Å². The number of rotatable bonds is 4. The lowest BCUT2D eigenvalue weighted by atomic mass is 10.0. The molecule has 8 heteroatoms. The van der Waals surface area contributed by atoms with Crippen molar-refractivity contribution in [1.29, 1.82) is 0 Å². The maximum Gasteiger partial charge on any atom is 0.254 e. The molecule has 0 amide bonds. The summed E-state index contributed by atoms with van der Waals surface area (Å²) >= 11 is 6.70. The second-order valence-electron chi connectivity index (χ2n) is 5.03. The Morgan fingerprint density at radius 1 is 1.47 bits per heavy atom. The largest absolute Gasteiger partial charge is 0.389 e. The number of halogens is 1. The van der Waals surface area contributed by atoms with E-state index in [1.807, 2.05) is 0 Å². The second kappa shape index (κ2) is 5.29. The SMILES string of the molecule is Cc1nc(Cl)sc1S(=O)(=O)N(C)CC1(O)CCCC1. The third-order valence-corrected chi connectivity index (χ3v) is 7.08. The number of aromatic nitrogens is 1. The highest BCUT2D eigenvalue weighted by molar-refractivity contribution is 7.91. The quantitative estimate of drug-likeness (QED) is 0.920. The fraction of sp³-hybridized carbons (Fsp3) is 0.727. The third kappa shape index (κ3) is 3.11. The smallest absolute Gasteiger partial charge is 0.254 e. The molecule has 1 aromatic heterocycles. The molecule has 0 aromatic carbocycles. The second-order valence-corrected chi connectivity index (χ2v) is 8.85. The van der Waals surface area contributed by atoms with Gasteiger partial charge in [-0.1, -0.05) is 35.8 Å². The summed E-state index contributed by atoms with van der Waals surface area (Å²) in [4.78, 5) is 3.92. The van der Waals surface area contributed by atoms with Crippen LogP contribution in [0.25, 0.3) is 0 Å². The number of likely N-dealkylation sites (N-methyl/N-ethyl adjacent to an activating group) is 1. The van der Waals surface area contributed by atoms with Crippen molar-refractivity contribution >= 4 is 33.0 Å². The standard InChI is InChI=1S/C11H17ClN2O3S2/c1-8-9(18-10(12)13-8)19(16,17)14(2)7-11(15)5-3-4-6-11/h15H,3-7H2,1-2H3. The lowest BCUT2D eigenvalue weighted by Crippen LogP contribution is -2.41. The summed E-state index contributed by atoms with van der Waals surface area (Å²) in [6.07, 6.45) is 3.18. The molecule has 2 rings (SSSR count). The summed E-state index contributed by atoms with van der Waals surface area (Å²) in [6, 6.07) is 0. The highest BCUT2D eigenvalue weighted by Gasteiger charge is 2.36. The average Bonchev–Trinajstić information content (AvgIpc) is 2.85. The van der Waals surface area contributed by atoms with Crippen LogP contribution in [0.3, 0.4) is 0 Å². The van der Waals surface area contributed by atoms with E-state index >= 15 is 0 Å². The first-order chi connectivity index (χ1) is 8.74. The highest BCUT2D eigenvalue weighted by Crippen LogP contribution is 2.33. The molecule has 1 N–H and O–H groups in total. The van der Waals surface area contributed by atoms with Gasteiger partial charge in [0, 0.05) is 13.6 Å². The summed E-state index contributed by atoms with van der Waals surface area (Å²) in [5, 5.41) is 10.3. The molecular formula is C11H17ClN2O3S2. The number of aryl methyl sites for hydroxylation is 1. The zero-order chi connectivity index (χ0) is 14.3. The monoisotopic (exact) mass is 324 g/mol. The average molecular weight is 325 g/mol. The lowest BCUT2D eigenvalue weighted by Gasteiger charge is -2.27. The van der Waals surface area contributed by atoms with Gasteiger partial charge in [0.15, 0.2) is 8.68 Å². The van der Waals surface area contributed by atoms with E-state index in [4.69, 9.17) is 11.6 Å². The number of thiazole rings is 1. The van der Waals surface area contributed by atoms with E-state index in [2.05, 4.69) is 4.98 Å². The Labute approximate surface area is 122 Å². The van der Waals surface area contributed by atoms with Gasteiger partial charge in [-0.05, 0) is 19.8 Å². The minimum absolute atomic E-state index is 0.115. The molecule has 108 valence electrons. The molecule has 1 aromatic rings. The summed E-state index contributed by atoms with van der Waals surface area (Å²) in [5.74, 6) is 0. The van der Waals surface area contributed by atoms with Crippen molar-refractivity contribution in [2.75, 3.05) is 13.6 Å². The maximum absolute atomic E-state index is 12.4. The molecule has 1 saturated carbocycles. The first-order valence-electron chi connectivity index (χ1n) is 6.06. The fourth-order valence-electron chi connectivity index (χ4n) is 2.42. The lowest BCUT2D eigenvalue weighted by molar-refractivity contribution is 0.0334. The van der Waals surface area contributed by atoms with Gasteiger partial charge in [0.1, 0.15) is 0 Å². The highest BCUT2D eigenvalue weighted by atomic mass is 35.5. The van der Waals surface area contributed by atoms with Crippen LogP contribution in [-0.4, -0.2) is 42.0 Å². The molecule has 0 aliphatic heterocycles. The van der Waals surface area contributed by atoms with E-state index in [0.717, 1.165) is 24.2 Å². The molecule has 0 spiro atoms. The molecule has 1 aliphatic rings. The minimum Gasteiger partial charge on any atom is -0.389 e. The van der Waals surface area contributed by atoms with Gasteiger partial charge in [0.05, 0.1) is 11.3 Å². The van der Waals surface area contributed by atoms with Crippen molar-refractivity contribution in [3.63, 3.8) is 0 Å². The number of hydrogen-bond donors (Lipinski definition) is 1. The van der Waals surface area contributed by atoms with Crippen molar-refractivity contribution < 1.29 is 13.5 Å². The maximum atomic E-state index is 12.4. The molecule has 0 atom stereocenters. The Bertz CT molecular complexity index is 564. The van der Waals surface area contributed by atoms with E-state index in [1.165, 1.54) is 11.4 Å². The van der Waals surface area contributed by atoms with E-state index in [9.17, 15) is 13.5 Å². The van der Waals surface area contributed by atoms with E-state index in [0.29, 0.717) is 18.5 Å².